The molecule has 0 saturated carbocycles. The molecule has 0 radical (unpaired) electrons. The Morgan fingerprint density at radius 1 is 1.19 bits per heavy atom. The number of aromatic hydroxyl groups is 1. The number of hydrogen-bond donors (Lipinski definition) is 2. The van der Waals surface area contributed by atoms with Gasteiger partial charge in [0.2, 0.25) is 0 Å². The number of benzene rings is 2. The molecule has 0 saturated heterocycles. The van der Waals surface area contributed by atoms with Crippen molar-refractivity contribution in [3.05, 3.63) is 63.8 Å². The standard InChI is InChI=1S/C15H11N3O3/c19-11-6-8-15(18(20)21)10(9-11)5-7-14-12-3-1-2-4-13(12)16-17-14/h1-9,19H,(H,16,17). The highest BCUT2D eigenvalue weighted by atomic mass is 16.6. The summed E-state index contributed by atoms with van der Waals surface area (Å²) in [4.78, 5) is 10.5. The molecule has 3 aromatic rings. The predicted octanol–water partition coefficient (Wildman–Crippen LogP) is 3.35. The molecular formula is C15H11N3O3. The van der Waals surface area contributed by atoms with Crippen LogP contribution in [0.4, 0.5) is 5.69 Å². The van der Waals surface area contributed by atoms with E-state index < -0.39 is 4.92 Å². The SMILES string of the molecule is O=[N+]([O-])c1ccc(O)cc1C=Cc1n[nH]c2ccccc12. The Morgan fingerprint density at radius 3 is 2.81 bits per heavy atom. The van der Waals surface area contributed by atoms with Crippen molar-refractivity contribution in [3.63, 3.8) is 0 Å². The molecule has 2 N–H and O–H groups in total. The van der Waals surface area contributed by atoms with Crippen molar-refractivity contribution in [1.29, 1.82) is 0 Å². The van der Waals surface area contributed by atoms with E-state index in [9.17, 15) is 15.2 Å². The van der Waals surface area contributed by atoms with Gasteiger partial charge in [0.15, 0.2) is 0 Å². The summed E-state index contributed by atoms with van der Waals surface area (Å²) in [5, 5.41) is 28.4. The van der Waals surface area contributed by atoms with Crippen LogP contribution in [0.15, 0.2) is 42.5 Å². The number of aromatic amines is 1. The van der Waals surface area contributed by atoms with Gasteiger partial charge in [-0.05, 0) is 30.4 Å². The van der Waals surface area contributed by atoms with Crippen LogP contribution in [0.5, 0.6) is 5.75 Å². The lowest BCUT2D eigenvalue weighted by atomic mass is 10.1. The monoisotopic (exact) mass is 281 g/mol. The number of fused-ring (bicyclic) bond motifs is 1. The van der Waals surface area contributed by atoms with Gasteiger partial charge in [0.05, 0.1) is 21.7 Å². The fourth-order valence-electron chi connectivity index (χ4n) is 2.12. The number of para-hydroxylation sites is 1. The second-order valence-electron chi connectivity index (χ2n) is 4.49. The van der Waals surface area contributed by atoms with Crippen LogP contribution in [0.2, 0.25) is 0 Å². The Kier molecular flexibility index (Phi) is 3.12. The molecule has 0 aliphatic rings. The quantitative estimate of drug-likeness (QED) is 0.568. The Morgan fingerprint density at radius 2 is 2.00 bits per heavy atom. The molecule has 6 nitrogen and oxygen atoms in total. The van der Waals surface area contributed by atoms with Crippen molar-refractivity contribution in [2.75, 3.05) is 0 Å². The number of hydrogen-bond acceptors (Lipinski definition) is 4. The van der Waals surface area contributed by atoms with Crippen molar-refractivity contribution in [2.45, 2.75) is 0 Å². The van der Waals surface area contributed by atoms with E-state index in [0.717, 1.165) is 10.9 Å². The number of H-pyrrole nitrogens is 1. The third-order valence-corrected chi connectivity index (χ3v) is 3.13. The van der Waals surface area contributed by atoms with Crippen molar-refractivity contribution < 1.29 is 10.0 Å². The number of phenols is 1. The van der Waals surface area contributed by atoms with Gasteiger partial charge in [0.1, 0.15) is 5.75 Å². The van der Waals surface area contributed by atoms with E-state index in [1.165, 1.54) is 18.2 Å². The van der Waals surface area contributed by atoms with Gasteiger partial charge in [0, 0.05) is 11.5 Å². The van der Waals surface area contributed by atoms with Gasteiger partial charge in [-0.15, -0.1) is 0 Å². The molecule has 1 aromatic heterocycles. The van der Waals surface area contributed by atoms with E-state index in [0.29, 0.717) is 11.3 Å². The molecular weight excluding hydrogens is 270 g/mol. The lowest BCUT2D eigenvalue weighted by Crippen LogP contribution is -1.90. The summed E-state index contributed by atoms with van der Waals surface area (Å²) in [6.45, 7) is 0. The van der Waals surface area contributed by atoms with E-state index in [1.807, 2.05) is 24.3 Å². The third-order valence-electron chi connectivity index (χ3n) is 3.13. The van der Waals surface area contributed by atoms with E-state index in [2.05, 4.69) is 10.2 Å². The van der Waals surface area contributed by atoms with Crippen molar-refractivity contribution >= 4 is 28.7 Å². The largest absolute Gasteiger partial charge is 0.508 e. The van der Waals surface area contributed by atoms with Gasteiger partial charge in [-0.2, -0.15) is 5.10 Å². The van der Waals surface area contributed by atoms with Gasteiger partial charge in [-0.3, -0.25) is 15.2 Å². The van der Waals surface area contributed by atoms with Gasteiger partial charge < -0.3 is 5.11 Å². The molecule has 0 aliphatic carbocycles. The molecule has 6 heteroatoms. The van der Waals surface area contributed by atoms with Crippen molar-refractivity contribution in [2.24, 2.45) is 0 Å². The molecule has 0 unspecified atom stereocenters. The zero-order valence-corrected chi connectivity index (χ0v) is 10.9. The molecule has 0 bridgehead atoms. The summed E-state index contributed by atoms with van der Waals surface area (Å²) in [7, 11) is 0. The normalized spacial score (nSPS) is 11.2. The summed E-state index contributed by atoms with van der Waals surface area (Å²) in [5.41, 5.74) is 1.83. The Bertz CT molecular complexity index is 852. The van der Waals surface area contributed by atoms with Crippen LogP contribution in [0.1, 0.15) is 11.3 Å². The van der Waals surface area contributed by atoms with Crippen LogP contribution >= 0.6 is 0 Å². The van der Waals surface area contributed by atoms with Gasteiger partial charge >= 0.3 is 0 Å². The average molecular weight is 281 g/mol. The minimum absolute atomic E-state index is 0.0212. The number of nitro benzene ring substituents is 1. The smallest absolute Gasteiger partial charge is 0.276 e. The highest BCUT2D eigenvalue weighted by Crippen LogP contribution is 2.26. The van der Waals surface area contributed by atoms with Crippen LogP contribution in [-0.4, -0.2) is 20.2 Å². The number of nitro groups is 1. The highest BCUT2D eigenvalue weighted by molar-refractivity contribution is 5.89. The molecule has 3 rings (SSSR count). The molecule has 21 heavy (non-hydrogen) atoms. The summed E-state index contributed by atoms with van der Waals surface area (Å²) in [5.74, 6) is -0.0212. The molecule has 0 fully saturated rings. The summed E-state index contributed by atoms with van der Waals surface area (Å²) in [6, 6.07) is 11.5. The maximum Gasteiger partial charge on any atom is 0.276 e. The summed E-state index contributed by atoms with van der Waals surface area (Å²) in [6.07, 6.45) is 3.25. The van der Waals surface area contributed by atoms with Gasteiger partial charge in [-0.25, -0.2) is 0 Å². The Balaban J connectivity index is 2.03. The van der Waals surface area contributed by atoms with Gasteiger partial charge in [-0.1, -0.05) is 18.2 Å². The summed E-state index contributed by atoms with van der Waals surface area (Å²) < 4.78 is 0. The number of phenolic OH excluding ortho intramolecular Hbond substituents is 1. The highest BCUT2D eigenvalue weighted by Gasteiger charge is 2.12. The van der Waals surface area contributed by atoms with E-state index >= 15 is 0 Å². The van der Waals surface area contributed by atoms with Gasteiger partial charge in [0.25, 0.3) is 5.69 Å². The number of nitrogens with one attached hydrogen (secondary N) is 1. The molecule has 2 aromatic carbocycles. The Labute approximate surface area is 119 Å². The van der Waals surface area contributed by atoms with Crippen LogP contribution in [-0.2, 0) is 0 Å². The van der Waals surface area contributed by atoms with Crippen LogP contribution in [0.25, 0.3) is 23.1 Å². The van der Waals surface area contributed by atoms with Crippen LogP contribution in [0, 0.1) is 10.1 Å². The lowest BCUT2D eigenvalue weighted by Gasteiger charge is -1.98. The molecule has 0 amide bonds. The number of nitrogens with zero attached hydrogens (tertiary/aromatic N) is 2. The number of aromatic nitrogens is 2. The predicted molar refractivity (Wildman–Crippen MR) is 79.8 cm³/mol. The molecule has 0 spiro atoms. The van der Waals surface area contributed by atoms with Crippen molar-refractivity contribution in [3.8, 4) is 5.75 Å². The van der Waals surface area contributed by atoms with E-state index in [-0.39, 0.29) is 11.4 Å². The van der Waals surface area contributed by atoms with Crippen LogP contribution < -0.4 is 0 Å². The molecule has 0 aliphatic heterocycles. The van der Waals surface area contributed by atoms with E-state index in [1.54, 1.807) is 12.2 Å². The Hall–Kier alpha value is -3.15. The second-order valence-corrected chi connectivity index (χ2v) is 4.49. The first kappa shape index (κ1) is 12.9. The zero-order valence-electron chi connectivity index (χ0n) is 10.9. The number of rotatable bonds is 3. The first-order valence-electron chi connectivity index (χ1n) is 6.24. The molecule has 1 heterocycles. The molecule has 104 valence electrons. The minimum atomic E-state index is -0.484. The van der Waals surface area contributed by atoms with Crippen LogP contribution in [0.3, 0.4) is 0 Å². The maximum atomic E-state index is 11.0. The third kappa shape index (κ3) is 2.46. The van der Waals surface area contributed by atoms with E-state index in [4.69, 9.17) is 0 Å². The fraction of sp³-hybridized carbons (Fsp3) is 0. The zero-order chi connectivity index (χ0) is 14.8. The second kappa shape index (κ2) is 5.09. The lowest BCUT2D eigenvalue weighted by molar-refractivity contribution is -0.385. The maximum absolute atomic E-state index is 11.0. The minimum Gasteiger partial charge on any atom is -0.508 e. The molecule has 0 atom stereocenters. The summed E-state index contributed by atoms with van der Waals surface area (Å²) >= 11 is 0. The first-order chi connectivity index (χ1) is 10.1. The fourth-order valence-corrected chi connectivity index (χ4v) is 2.12. The topological polar surface area (TPSA) is 92.1 Å². The average Bonchev–Trinajstić information content (AvgIpc) is 2.88. The first-order valence-corrected chi connectivity index (χ1v) is 6.24. The van der Waals surface area contributed by atoms with Crippen molar-refractivity contribution in [1.82, 2.24) is 10.2 Å².